The second kappa shape index (κ2) is 7.88. The molecule has 3 rings (SSSR count). The van der Waals surface area contributed by atoms with E-state index < -0.39 is 22.7 Å². The van der Waals surface area contributed by atoms with E-state index in [0.29, 0.717) is 16.8 Å². The number of rotatable bonds is 4. The molecular formula is C20H18N4O4S. The number of thiocarbonyl (C=S) groups is 1. The molecule has 0 radical (unpaired) electrons. The fourth-order valence-corrected chi connectivity index (χ4v) is 3.20. The Bertz CT molecular complexity index is 1060. The van der Waals surface area contributed by atoms with Crippen LogP contribution in [0.15, 0.2) is 41.4 Å². The van der Waals surface area contributed by atoms with Gasteiger partial charge in [0.2, 0.25) is 5.91 Å². The highest BCUT2D eigenvalue weighted by Gasteiger charge is 2.38. The summed E-state index contributed by atoms with van der Waals surface area (Å²) < 4.78 is 0. The van der Waals surface area contributed by atoms with Crippen LogP contribution in [0, 0.1) is 36.8 Å². The number of benzene rings is 2. The summed E-state index contributed by atoms with van der Waals surface area (Å²) in [5.74, 6) is -2.33. The summed E-state index contributed by atoms with van der Waals surface area (Å²) in [6.07, 6.45) is 1.19. The number of aryl methyl sites for hydroxylation is 2. The number of anilines is 1. The lowest BCUT2D eigenvalue weighted by atomic mass is 10.0. The van der Waals surface area contributed by atoms with Crippen LogP contribution in [0.3, 0.4) is 0 Å². The van der Waals surface area contributed by atoms with Gasteiger partial charge in [0.05, 0.1) is 16.3 Å². The lowest BCUT2D eigenvalue weighted by Gasteiger charge is -2.30. The maximum absolute atomic E-state index is 12.9. The Hall–Kier alpha value is -3.46. The SMILES string of the molecule is Cc1ccc(N2C(=O)[C@@H](C=Nc3cc(C)c(C)c([N+](=O)[O-])c3)C(=O)NC2=S)cc1. The van der Waals surface area contributed by atoms with Gasteiger partial charge in [-0.3, -0.25) is 29.6 Å². The Balaban J connectivity index is 1.93. The monoisotopic (exact) mass is 410 g/mol. The van der Waals surface area contributed by atoms with Gasteiger partial charge in [-0.05, 0) is 56.8 Å². The van der Waals surface area contributed by atoms with E-state index in [2.05, 4.69) is 10.3 Å². The van der Waals surface area contributed by atoms with Crippen LogP contribution in [0.1, 0.15) is 16.7 Å². The van der Waals surface area contributed by atoms with Crippen molar-refractivity contribution in [2.75, 3.05) is 4.90 Å². The molecule has 1 heterocycles. The topological polar surface area (TPSA) is 105 Å². The highest BCUT2D eigenvalue weighted by atomic mass is 32.1. The van der Waals surface area contributed by atoms with Crippen molar-refractivity contribution in [3.63, 3.8) is 0 Å². The second-order valence-electron chi connectivity index (χ2n) is 6.72. The number of nitrogens with one attached hydrogen (secondary N) is 1. The molecule has 0 bridgehead atoms. The van der Waals surface area contributed by atoms with Gasteiger partial charge in [0, 0.05) is 17.8 Å². The second-order valence-corrected chi connectivity index (χ2v) is 7.11. The minimum atomic E-state index is -1.20. The van der Waals surface area contributed by atoms with Gasteiger partial charge >= 0.3 is 0 Å². The molecule has 0 saturated carbocycles. The number of carbonyl (C=O) groups is 2. The number of hydrogen-bond acceptors (Lipinski definition) is 6. The first-order valence-electron chi connectivity index (χ1n) is 8.74. The number of aliphatic imine (C=N–C) groups is 1. The molecule has 1 aliphatic rings. The van der Waals surface area contributed by atoms with Gasteiger partial charge in [0.15, 0.2) is 11.0 Å². The van der Waals surface area contributed by atoms with E-state index in [1.807, 2.05) is 19.1 Å². The Morgan fingerprint density at radius 1 is 1.17 bits per heavy atom. The molecule has 1 atom stereocenters. The van der Waals surface area contributed by atoms with Gasteiger partial charge in [0.1, 0.15) is 0 Å². The third-order valence-corrected chi connectivity index (χ3v) is 4.97. The zero-order valence-corrected chi connectivity index (χ0v) is 16.8. The van der Waals surface area contributed by atoms with Gasteiger partial charge in [-0.1, -0.05) is 17.7 Å². The highest BCUT2D eigenvalue weighted by molar-refractivity contribution is 7.80. The van der Waals surface area contributed by atoms with E-state index in [0.717, 1.165) is 5.56 Å². The Morgan fingerprint density at radius 2 is 1.83 bits per heavy atom. The molecule has 0 aliphatic carbocycles. The molecule has 1 N–H and O–H groups in total. The molecule has 0 spiro atoms. The molecule has 2 aromatic rings. The van der Waals surface area contributed by atoms with E-state index >= 15 is 0 Å². The van der Waals surface area contributed by atoms with Gasteiger partial charge in [-0.15, -0.1) is 0 Å². The van der Waals surface area contributed by atoms with Gasteiger partial charge in [-0.2, -0.15) is 0 Å². The summed E-state index contributed by atoms with van der Waals surface area (Å²) in [5.41, 5.74) is 2.99. The predicted molar refractivity (Wildman–Crippen MR) is 114 cm³/mol. The van der Waals surface area contributed by atoms with Crippen LogP contribution in [0.4, 0.5) is 17.1 Å². The molecule has 1 saturated heterocycles. The van der Waals surface area contributed by atoms with Crippen LogP contribution in [-0.4, -0.2) is 28.1 Å². The smallest absolute Gasteiger partial charge is 0.274 e. The van der Waals surface area contributed by atoms with Gasteiger partial charge in [0.25, 0.3) is 11.6 Å². The Morgan fingerprint density at radius 3 is 2.45 bits per heavy atom. The molecule has 29 heavy (non-hydrogen) atoms. The summed E-state index contributed by atoms with van der Waals surface area (Å²) in [6, 6.07) is 10.1. The first-order valence-corrected chi connectivity index (χ1v) is 9.15. The maximum atomic E-state index is 12.9. The van der Waals surface area contributed by atoms with Crippen molar-refractivity contribution < 1.29 is 14.5 Å². The number of amides is 2. The maximum Gasteiger partial charge on any atom is 0.274 e. The normalized spacial score (nSPS) is 17.0. The number of nitrogens with zero attached hydrogens (tertiary/aromatic N) is 3. The van der Waals surface area contributed by atoms with Crippen molar-refractivity contribution in [3.05, 3.63) is 63.2 Å². The van der Waals surface area contributed by atoms with Crippen molar-refractivity contribution in [1.29, 1.82) is 0 Å². The Labute approximate surface area is 172 Å². The fourth-order valence-electron chi connectivity index (χ4n) is 2.91. The molecule has 0 unspecified atom stereocenters. The van der Waals surface area contributed by atoms with E-state index in [1.165, 1.54) is 17.2 Å². The molecular weight excluding hydrogens is 392 g/mol. The van der Waals surface area contributed by atoms with E-state index in [4.69, 9.17) is 12.2 Å². The lowest BCUT2D eigenvalue weighted by Crippen LogP contribution is -2.58. The van der Waals surface area contributed by atoms with Crippen molar-refractivity contribution in [2.24, 2.45) is 10.9 Å². The van der Waals surface area contributed by atoms with Gasteiger partial charge in [-0.25, -0.2) is 0 Å². The summed E-state index contributed by atoms with van der Waals surface area (Å²) in [7, 11) is 0. The van der Waals surface area contributed by atoms with Crippen LogP contribution in [0.5, 0.6) is 0 Å². The molecule has 1 fully saturated rings. The predicted octanol–water partition coefficient (Wildman–Crippen LogP) is 3.29. The zero-order chi connectivity index (χ0) is 21.3. The number of carbonyl (C=O) groups excluding carboxylic acids is 2. The largest absolute Gasteiger partial charge is 0.301 e. The van der Waals surface area contributed by atoms with Crippen molar-refractivity contribution in [2.45, 2.75) is 20.8 Å². The minimum absolute atomic E-state index is 0.00433. The summed E-state index contributed by atoms with van der Waals surface area (Å²) in [5, 5.41) is 13.7. The number of nitro groups is 1. The minimum Gasteiger partial charge on any atom is -0.301 e. The zero-order valence-electron chi connectivity index (χ0n) is 16.0. The molecule has 2 aromatic carbocycles. The third-order valence-electron chi connectivity index (χ3n) is 4.69. The van der Waals surface area contributed by atoms with Gasteiger partial charge < -0.3 is 5.32 Å². The highest BCUT2D eigenvalue weighted by Crippen LogP contribution is 2.28. The quantitative estimate of drug-likeness (QED) is 0.274. The van der Waals surface area contributed by atoms with Crippen LogP contribution in [0.2, 0.25) is 0 Å². The number of nitro benzene ring substituents is 1. The summed E-state index contributed by atoms with van der Waals surface area (Å²) >= 11 is 5.16. The first kappa shape index (κ1) is 20.3. The van der Waals surface area contributed by atoms with E-state index in [1.54, 1.807) is 32.0 Å². The molecule has 8 nitrogen and oxygen atoms in total. The average Bonchev–Trinajstić information content (AvgIpc) is 2.65. The van der Waals surface area contributed by atoms with Crippen LogP contribution >= 0.6 is 12.2 Å². The molecule has 2 amide bonds. The first-order chi connectivity index (χ1) is 13.7. The molecule has 0 aromatic heterocycles. The molecule has 1 aliphatic heterocycles. The third kappa shape index (κ3) is 4.04. The average molecular weight is 410 g/mol. The van der Waals surface area contributed by atoms with Crippen molar-refractivity contribution in [1.82, 2.24) is 5.32 Å². The fraction of sp³-hybridized carbons (Fsp3) is 0.200. The summed E-state index contributed by atoms with van der Waals surface area (Å²) in [4.78, 5) is 41.4. The van der Waals surface area contributed by atoms with E-state index in [9.17, 15) is 19.7 Å². The molecule has 148 valence electrons. The van der Waals surface area contributed by atoms with Crippen molar-refractivity contribution >= 4 is 52.4 Å². The van der Waals surface area contributed by atoms with Crippen LogP contribution in [-0.2, 0) is 9.59 Å². The molecule has 9 heteroatoms. The van der Waals surface area contributed by atoms with Crippen LogP contribution in [0.25, 0.3) is 0 Å². The van der Waals surface area contributed by atoms with E-state index in [-0.39, 0.29) is 16.5 Å². The Kier molecular flexibility index (Phi) is 5.51. The lowest BCUT2D eigenvalue weighted by molar-refractivity contribution is -0.385. The standard InChI is InChI=1S/C20H18N4O4S/c1-11-4-6-15(7-5-11)23-19(26)16(18(25)22-20(23)29)10-21-14-8-12(2)13(3)17(9-14)24(27)28/h4-10,16H,1-3H3,(H,22,25,29)/t16-/m0/s1. The van der Waals surface area contributed by atoms with Crippen LogP contribution < -0.4 is 10.2 Å². The van der Waals surface area contributed by atoms with Crippen molar-refractivity contribution in [3.8, 4) is 0 Å². The summed E-state index contributed by atoms with van der Waals surface area (Å²) in [6.45, 7) is 5.30. The number of hydrogen-bond donors (Lipinski definition) is 1.